The van der Waals surface area contributed by atoms with E-state index in [1.807, 2.05) is 45.0 Å². The number of hydrogen-bond donors (Lipinski definition) is 0. The molecule has 2 aromatic carbocycles. The van der Waals surface area contributed by atoms with Gasteiger partial charge >= 0.3 is 0 Å². The maximum atomic E-state index is 13.6. The van der Waals surface area contributed by atoms with E-state index in [2.05, 4.69) is 11.1 Å². The lowest BCUT2D eigenvalue weighted by Crippen LogP contribution is -2.47. The van der Waals surface area contributed by atoms with Crippen LogP contribution in [0.4, 0.5) is 5.69 Å². The lowest BCUT2D eigenvalue weighted by atomic mass is 9.91. The standard InChI is InChI=1S/C31H35N3O4/c1-31(2,3)20-28(36)33(18-17-21-9-5-4-6-10-21)25-19-27(35)34(30(25)37)23-15-13-22(14-16-23)29-32-24-11-7-8-12-26(24)38-29/h7-9,11-16,25H,4-6,10,17-20H2,1-3H3. The third-order valence-electron chi connectivity index (χ3n) is 7.23. The summed E-state index contributed by atoms with van der Waals surface area (Å²) in [5, 5.41) is 0. The Morgan fingerprint density at radius 3 is 2.53 bits per heavy atom. The molecule has 1 atom stereocenters. The van der Waals surface area contributed by atoms with Crippen molar-refractivity contribution < 1.29 is 18.8 Å². The molecule has 38 heavy (non-hydrogen) atoms. The molecule has 0 spiro atoms. The van der Waals surface area contributed by atoms with E-state index in [-0.39, 0.29) is 29.6 Å². The van der Waals surface area contributed by atoms with Gasteiger partial charge in [0, 0.05) is 18.5 Å². The van der Waals surface area contributed by atoms with Gasteiger partial charge in [0.15, 0.2) is 5.58 Å². The number of para-hydroxylation sites is 2. The minimum Gasteiger partial charge on any atom is -0.436 e. The van der Waals surface area contributed by atoms with Gasteiger partial charge in [0.05, 0.1) is 12.1 Å². The van der Waals surface area contributed by atoms with E-state index in [9.17, 15) is 14.4 Å². The van der Waals surface area contributed by atoms with Crippen molar-refractivity contribution in [2.24, 2.45) is 5.41 Å². The Hall–Kier alpha value is -3.74. The van der Waals surface area contributed by atoms with Crippen LogP contribution in [0.5, 0.6) is 0 Å². The molecule has 1 aliphatic heterocycles. The third-order valence-corrected chi connectivity index (χ3v) is 7.23. The molecule has 7 heteroatoms. The quantitative estimate of drug-likeness (QED) is 0.274. The van der Waals surface area contributed by atoms with Crippen LogP contribution >= 0.6 is 0 Å². The summed E-state index contributed by atoms with van der Waals surface area (Å²) in [6.07, 6.45) is 7.80. The van der Waals surface area contributed by atoms with E-state index in [1.165, 1.54) is 16.9 Å². The van der Waals surface area contributed by atoms with Gasteiger partial charge in [-0.15, -0.1) is 0 Å². The van der Waals surface area contributed by atoms with Crippen molar-refractivity contribution in [2.45, 2.75) is 71.8 Å². The van der Waals surface area contributed by atoms with Gasteiger partial charge in [0.1, 0.15) is 11.6 Å². The van der Waals surface area contributed by atoms with Gasteiger partial charge < -0.3 is 9.32 Å². The van der Waals surface area contributed by atoms with Crippen molar-refractivity contribution in [2.75, 3.05) is 11.4 Å². The zero-order valence-corrected chi connectivity index (χ0v) is 22.4. The van der Waals surface area contributed by atoms with Gasteiger partial charge in [0.2, 0.25) is 17.7 Å². The Kier molecular flexibility index (Phi) is 7.19. The number of benzene rings is 2. The largest absolute Gasteiger partial charge is 0.436 e. The van der Waals surface area contributed by atoms with Gasteiger partial charge in [-0.3, -0.25) is 14.4 Å². The molecule has 1 aliphatic carbocycles. The molecule has 5 rings (SSSR count). The van der Waals surface area contributed by atoms with Crippen LogP contribution in [0, 0.1) is 5.41 Å². The summed E-state index contributed by atoms with van der Waals surface area (Å²) in [5.41, 5.74) is 3.83. The van der Waals surface area contributed by atoms with Crippen LogP contribution in [-0.2, 0) is 14.4 Å². The third kappa shape index (κ3) is 5.57. The zero-order chi connectivity index (χ0) is 26.9. The molecule has 3 aromatic rings. The van der Waals surface area contributed by atoms with Crippen molar-refractivity contribution in [3.8, 4) is 11.5 Å². The lowest BCUT2D eigenvalue weighted by Gasteiger charge is -2.31. The Labute approximate surface area is 223 Å². The predicted octanol–water partition coefficient (Wildman–Crippen LogP) is 6.28. The van der Waals surface area contributed by atoms with Gasteiger partial charge in [-0.1, -0.05) is 44.6 Å². The molecular weight excluding hydrogens is 478 g/mol. The van der Waals surface area contributed by atoms with Gasteiger partial charge in [0.25, 0.3) is 5.91 Å². The summed E-state index contributed by atoms with van der Waals surface area (Å²) in [7, 11) is 0. The lowest BCUT2D eigenvalue weighted by molar-refractivity contribution is -0.139. The smallest absolute Gasteiger partial charge is 0.257 e. The highest BCUT2D eigenvalue weighted by Gasteiger charge is 2.44. The van der Waals surface area contributed by atoms with E-state index in [1.54, 1.807) is 29.2 Å². The Balaban J connectivity index is 1.35. The monoisotopic (exact) mass is 513 g/mol. The van der Waals surface area contributed by atoms with E-state index in [0.29, 0.717) is 30.1 Å². The first kappa shape index (κ1) is 25.9. The number of carbonyl (C=O) groups excluding carboxylic acids is 3. The molecule has 7 nitrogen and oxygen atoms in total. The molecule has 0 radical (unpaired) electrons. The number of oxazole rings is 1. The van der Waals surface area contributed by atoms with Crippen molar-refractivity contribution in [3.63, 3.8) is 0 Å². The summed E-state index contributed by atoms with van der Waals surface area (Å²) in [4.78, 5) is 47.5. The molecule has 0 N–H and O–H groups in total. The second-order valence-corrected chi connectivity index (χ2v) is 11.5. The Morgan fingerprint density at radius 1 is 1.08 bits per heavy atom. The van der Waals surface area contributed by atoms with Crippen LogP contribution in [0.1, 0.15) is 65.7 Å². The number of aromatic nitrogens is 1. The number of nitrogens with zero attached hydrogens (tertiary/aromatic N) is 3. The molecule has 1 fully saturated rings. The van der Waals surface area contributed by atoms with E-state index in [0.717, 1.165) is 36.8 Å². The Morgan fingerprint density at radius 2 is 1.84 bits per heavy atom. The summed E-state index contributed by atoms with van der Waals surface area (Å²) >= 11 is 0. The molecule has 0 saturated carbocycles. The van der Waals surface area contributed by atoms with Gasteiger partial charge in [-0.25, -0.2) is 9.88 Å². The van der Waals surface area contributed by atoms with E-state index in [4.69, 9.17) is 4.42 Å². The van der Waals surface area contributed by atoms with Crippen LogP contribution < -0.4 is 4.90 Å². The van der Waals surface area contributed by atoms with Gasteiger partial charge in [-0.2, -0.15) is 0 Å². The minimum absolute atomic E-state index is 0.000639. The molecule has 3 amide bonds. The van der Waals surface area contributed by atoms with Gasteiger partial charge in [-0.05, 0) is 73.9 Å². The average Bonchev–Trinajstić information content (AvgIpc) is 3.44. The first-order valence-corrected chi connectivity index (χ1v) is 13.5. The highest BCUT2D eigenvalue weighted by atomic mass is 16.3. The molecule has 2 heterocycles. The highest BCUT2D eigenvalue weighted by molar-refractivity contribution is 6.23. The predicted molar refractivity (Wildman–Crippen MR) is 147 cm³/mol. The fourth-order valence-electron chi connectivity index (χ4n) is 5.28. The molecule has 198 valence electrons. The number of allylic oxidation sites excluding steroid dienone is 1. The fraction of sp³-hybridized carbons (Fsp3) is 0.419. The second kappa shape index (κ2) is 10.6. The number of hydrogen-bond acceptors (Lipinski definition) is 5. The van der Waals surface area contributed by atoms with Crippen molar-refractivity contribution in [1.82, 2.24) is 9.88 Å². The van der Waals surface area contributed by atoms with Crippen molar-refractivity contribution in [1.29, 1.82) is 0 Å². The molecular formula is C31H35N3O4. The number of amides is 3. The van der Waals surface area contributed by atoms with Crippen LogP contribution in [0.15, 0.2) is 64.6 Å². The van der Waals surface area contributed by atoms with Crippen molar-refractivity contribution >= 4 is 34.5 Å². The number of anilines is 1. The molecule has 2 aliphatic rings. The van der Waals surface area contributed by atoms with Crippen LogP contribution in [0.2, 0.25) is 0 Å². The Bertz CT molecular complexity index is 1350. The maximum absolute atomic E-state index is 13.6. The normalized spacial score (nSPS) is 18.2. The number of carbonyl (C=O) groups is 3. The summed E-state index contributed by atoms with van der Waals surface area (Å²) < 4.78 is 5.85. The van der Waals surface area contributed by atoms with Crippen LogP contribution in [-0.4, -0.2) is 40.2 Å². The molecule has 0 bridgehead atoms. The van der Waals surface area contributed by atoms with E-state index < -0.39 is 6.04 Å². The first-order chi connectivity index (χ1) is 18.2. The number of imide groups is 1. The summed E-state index contributed by atoms with van der Waals surface area (Å²) in [6.45, 7) is 6.49. The first-order valence-electron chi connectivity index (χ1n) is 13.5. The summed E-state index contributed by atoms with van der Waals surface area (Å²) in [6, 6.07) is 13.8. The highest BCUT2D eigenvalue weighted by Crippen LogP contribution is 2.31. The SMILES string of the molecule is CC(C)(C)CC(=O)N(CCC1=CCCCC1)C1CC(=O)N(c2ccc(-c3nc4ccccc4o3)cc2)C1=O. The van der Waals surface area contributed by atoms with Crippen LogP contribution in [0.3, 0.4) is 0 Å². The number of rotatable bonds is 7. The average molecular weight is 514 g/mol. The van der Waals surface area contributed by atoms with E-state index >= 15 is 0 Å². The maximum Gasteiger partial charge on any atom is 0.257 e. The van der Waals surface area contributed by atoms with Crippen molar-refractivity contribution in [3.05, 3.63) is 60.2 Å². The minimum atomic E-state index is -0.779. The zero-order valence-electron chi connectivity index (χ0n) is 22.4. The summed E-state index contributed by atoms with van der Waals surface area (Å²) in [5.74, 6) is -0.233. The van der Waals surface area contributed by atoms with Crippen LogP contribution in [0.25, 0.3) is 22.6 Å². The number of fused-ring (bicyclic) bond motifs is 1. The topological polar surface area (TPSA) is 83.7 Å². The molecule has 1 saturated heterocycles. The molecule has 1 unspecified atom stereocenters. The molecule has 1 aromatic heterocycles. The fourth-order valence-corrected chi connectivity index (χ4v) is 5.28. The second-order valence-electron chi connectivity index (χ2n) is 11.5.